The van der Waals surface area contributed by atoms with Crippen LogP contribution in [0.4, 0.5) is 14.5 Å². The number of hydrogen-bond acceptors (Lipinski definition) is 6. The summed E-state index contributed by atoms with van der Waals surface area (Å²) < 4.78 is 31.4. The second kappa shape index (κ2) is 10.5. The van der Waals surface area contributed by atoms with Crippen LogP contribution in [0.1, 0.15) is 34.7 Å². The predicted molar refractivity (Wildman–Crippen MR) is 130 cm³/mol. The predicted octanol–water partition coefficient (Wildman–Crippen LogP) is 4.48. The van der Waals surface area contributed by atoms with Gasteiger partial charge in [0.2, 0.25) is 5.88 Å². The number of nitrogens with one attached hydrogen (secondary N) is 3. The first kappa shape index (κ1) is 25.3. The number of nitrogens with zero attached hydrogens (tertiary/aromatic N) is 4. The van der Waals surface area contributed by atoms with Crippen LogP contribution >= 0.6 is 23.2 Å². The number of carbonyl (C=O) groups excluding carboxylic acids is 2. The molecule has 0 fully saturated rings. The summed E-state index contributed by atoms with van der Waals surface area (Å²) >= 11 is 12.7. The largest absolute Gasteiger partial charge is 0.471 e. The molecule has 4 rings (SSSR count). The first-order chi connectivity index (χ1) is 17.2. The maximum Gasteiger partial charge on any atom is 0.274 e. The van der Waals surface area contributed by atoms with Crippen molar-refractivity contribution in [1.82, 2.24) is 30.3 Å². The van der Waals surface area contributed by atoms with Gasteiger partial charge in [0.05, 0.1) is 33.0 Å². The van der Waals surface area contributed by atoms with E-state index in [-0.39, 0.29) is 44.7 Å². The van der Waals surface area contributed by atoms with E-state index in [1.165, 1.54) is 24.5 Å². The maximum absolute atomic E-state index is 13.4. The van der Waals surface area contributed by atoms with Gasteiger partial charge in [-0.25, -0.2) is 18.4 Å². The van der Waals surface area contributed by atoms with Crippen LogP contribution in [0.5, 0.6) is 5.88 Å². The number of carbonyl (C=O) groups is 2. The highest BCUT2D eigenvalue weighted by Crippen LogP contribution is 2.34. The van der Waals surface area contributed by atoms with Gasteiger partial charge >= 0.3 is 0 Å². The van der Waals surface area contributed by atoms with E-state index in [0.717, 1.165) is 10.7 Å². The SMILES string of the molecule is CC(C)NC(=O)c1c(NC(=O)c2cc(OCC(F)F)nn2-c2ncccc2Cl)c(Cl)cc2cn[nH]c12. The number of alkyl halides is 2. The molecular formula is C22H19Cl2F2N7O3. The fourth-order valence-corrected chi connectivity index (χ4v) is 3.82. The average molecular weight is 538 g/mol. The molecule has 0 radical (unpaired) electrons. The molecule has 0 saturated carbocycles. The van der Waals surface area contributed by atoms with Gasteiger partial charge < -0.3 is 15.4 Å². The van der Waals surface area contributed by atoms with E-state index in [0.29, 0.717) is 10.9 Å². The molecule has 3 N–H and O–H groups in total. The molecule has 0 unspecified atom stereocenters. The highest BCUT2D eigenvalue weighted by Gasteiger charge is 2.26. The van der Waals surface area contributed by atoms with Crippen molar-refractivity contribution >= 4 is 51.6 Å². The molecule has 0 aliphatic rings. The van der Waals surface area contributed by atoms with E-state index in [4.69, 9.17) is 27.9 Å². The highest BCUT2D eigenvalue weighted by atomic mass is 35.5. The zero-order chi connectivity index (χ0) is 26.0. The first-order valence-corrected chi connectivity index (χ1v) is 11.3. The smallest absolute Gasteiger partial charge is 0.274 e. The lowest BCUT2D eigenvalue weighted by atomic mass is 10.1. The lowest BCUT2D eigenvalue weighted by Gasteiger charge is -2.16. The van der Waals surface area contributed by atoms with Crippen molar-refractivity contribution in [2.24, 2.45) is 0 Å². The van der Waals surface area contributed by atoms with Crippen LogP contribution in [0.2, 0.25) is 10.0 Å². The number of hydrogen-bond donors (Lipinski definition) is 3. The summed E-state index contributed by atoms with van der Waals surface area (Å²) in [4.78, 5) is 30.6. The number of fused-ring (bicyclic) bond motifs is 1. The number of benzene rings is 1. The van der Waals surface area contributed by atoms with Gasteiger partial charge in [0.25, 0.3) is 18.2 Å². The first-order valence-electron chi connectivity index (χ1n) is 10.6. The van der Waals surface area contributed by atoms with Gasteiger partial charge in [-0.1, -0.05) is 23.2 Å². The summed E-state index contributed by atoms with van der Waals surface area (Å²) in [5.41, 5.74) is 0.269. The molecule has 0 saturated heterocycles. The summed E-state index contributed by atoms with van der Waals surface area (Å²) in [6.07, 6.45) is 0.151. The molecule has 188 valence electrons. The minimum Gasteiger partial charge on any atom is -0.471 e. The average Bonchev–Trinajstić information content (AvgIpc) is 3.44. The molecule has 3 aromatic heterocycles. The molecule has 0 aliphatic heterocycles. The summed E-state index contributed by atoms with van der Waals surface area (Å²) in [5, 5.41) is 16.9. The van der Waals surface area contributed by atoms with E-state index < -0.39 is 24.8 Å². The van der Waals surface area contributed by atoms with Gasteiger partial charge in [-0.3, -0.25) is 14.7 Å². The van der Waals surface area contributed by atoms with Crippen molar-refractivity contribution in [3.8, 4) is 11.7 Å². The van der Waals surface area contributed by atoms with E-state index in [9.17, 15) is 18.4 Å². The van der Waals surface area contributed by atoms with Crippen LogP contribution in [-0.4, -0.2) is 55.9 Å². The Hall–Kier alpha value is -3.77. The number of aromatic amines is 1. The minimum absolute atomic E-state index is 0.00600. The quantitative estimate of drug-likeness (QED) is 0.304. The Morgan fingerprint density at radius 3 is 2.67 bits per heavy atom. The second-order valence-electron chi connectivity index (χ2n) is 7.82. The van der Waals surface area contributed by atoms with Gasteiger partial charge in [-0.2, -0.15) is 5.10 Å². The molecule has 3 heterocycles. The number of rotatable bonds is 8. The van der Waals surface area contributed by atoms with Crippen LogP contribution in [0.25, 0.3) is 16.7 Å². The third-order valence-electron chi connectivity index (χ3n) is 4.79. The molecule has 14 heteroatoms. The van der Waals surface area contributed by atoms with Crippen LogP contribution in [0.15, 0.2) is 36.7 Å². The highest BCUT2D eigenvalue weighted by molar-refractivity contribution is 6.36. The molecule has 1 aromatic carbocycles. The summed E-state index contributed by atoms with van der Waals surface area (Å²) in [6.45, 7) is 2.62. The fourth-order valence-electron chi connectivity index (χ4n) is 3.35. The van der Waals surface area contributed by atoms with E-state index >= 15 is 0 Å². The Morgan fingerprint density at radius 1 is 1.19 bits per heavy atom. The Balaban J connectivity index is 1.79. The van der Waals surface area contributed by atoms with E-state index in [1.807, 2.05) is 0 Å². The van der Waals surface area contributed by atoms with Crippen molar-refractivity contribution in [3.63, 3.8) is 0 Å². The number of aromatic nitrogens is 5. The number of H-pyrrole nitrogens is 1. The lowest BCUT2D eigenvalue weighted by molar-refractivity contribution is 0.0793. The zero-order valence-corrected chi connectivity index (χ0v) is 20.4. The van der Waals surface area contributed by atoms with Gasteiger partial charge in [0.15, 0.2) is 12.4 Å². The van der Waals surface area contributed by atoms with Crippen molar-refractivity contribution in [1.29, 1.82) is 0 Å². The third kappa shape index (κ3) is 5.24. The topological polar surface area (TPSA) is 127 Å². The van der Waals surface area contributed by atoms with Crippen LogP contribution < -0.4 is 15.4 Å². The van der Waals surface area contributed by atoms with Gasteiger partial charge in [-0.15, -0.1) is 5.10 Å². The van der Waals surface area contributed by atoms with E-state index in [1.54, 1.807) is 19.9 Å². The number of pyridine rings is 1. The number of amides is 2. The zero-order valence-electron chi connectivity index (χ0n) is 18.9. The molecule has 36 heavy (non-hydrogen) atoms. The molecular weight excluding hydrogens is 519 g/mol. The summed E-state index contributed by atoms with van der Waals surface area (Å²) in [6, 6.07) is 5.57. The lowest BCUT2D eigenvalue weighted by Crippen LogP contribution is -2.31. The van der Waals surface area contributed by atoms with Crippen molar-refractivity contribution in [2.75, 3.05) is 11.9 Å². The van der Waals surface area contributed by atoms with Crippen molar-refractivity contribution in [3.05, 3.63) is 58.0 Å². The molecule has 0 spiro atoms. The minimum atomic E-state index is -2.76. The fraction of sp³-hybridized carbons (Fsp3) is 0.227. The molecule has 4 aromatic rings. The molecule has 0 bridgehead atoms. The molecule has 0 aliphatic carbocycles. The normalized spacial score (nSPS) is 11.3. The Bertz CT molecular complexity index is 1440. The Labute approximate surface area is 212 Å². The summed E-state index contributed by atoms with van der Waals surface area (Å²) in [7, 11) is 0. The number of ether oxygens (including phenoxy) is 1. The van der Waals surface area contributed by atoms with Crippen LogP contribution in [0, 0.1) is 0 Å². The number of anilines is 1. The van der Waals surface area contributed by atoms with Crippen molar-refractivity contribution in [2.45, 2.75) is 26.3 Å². The number of halogens is 4. The van der Waals surface area contributed by atoms with E-state index in [2.05, 4.69) is 30.9 Å². The Morgan fingerprint density at radius 2 is 1.97 bits per heavy atom. The Kier molecular flexibility index (Phi) is 7.36. The molecule has 10 nitrogen and oxygen atoms in total. The van der Waals surface area contributed by atoms with Gasteiger partial charge in [-0.05, 0) is 32.0 Å². The molecule has 0 atom stereocenters. The van der Waals surface area contributed by atoms with Crippen molar-refractivity contribution < 1.29 is 23.1 Å². The third-order valence-corrected chi connectivity index (χ3v) is 5.38. The van der Waals surface area contributed by atoms with Gasteiger partial charge in [0, 0.05) is 23.7 Å². The molecule has 2 amide bonds. The van der Waals surface area contributed by atoms with Crippen LogP contribution in [0.3, 0.4) is 0 Å². The standard InChI is InChI=1S/C22H19Cl2F2N7O3/c1-10(2)29-22(35)17-18-11(8-28-31-18)6-13(24)19(17)30-21(34)14-7-16(36-9-15(25)26)32-33(14)20-12(23)4-3-5-27-20/h3-8,10,15H,9H2,1-2H3,(H,28,31)(H,29,35)(H,30,34). The van der Waals surface area contributed by atoms with Crippen LogP contribution in [-0.2, 0) is 0 Å². The monoisotopic (exact) mass is 537 g/mol. The second-order valence-corrected chi connectivity index (χ2v) is 8.63. The van der Waals surface area contributed by atoms with Gasteiger partial charge in [0.1, 0.15) is 5.69 Å². The summed E-state index contributed by atoms with van der Waals surface area (Å²) in [5.74, 6) is -1.48. The maximum atomic E-state index is 13.4.